The lowest BCUT2D eigenvalue weighted by Crippen LogP contribution is -2.36. The Morgan fingerprint density at radius 1 is 1.09 bits per heavy atom. The Bertz CT molecular complexity index is 1040. The summed E-state index contributed by atoms with van der Waals surface area (Å²) in [6.45, 7) is 1.95. The van der Waals surface area contributed by atoms with E-state index < -0.39 is 0 Å². The summed E-state index contributed by atoms with van der Waals surface area (Å²) in [7, 11) is 0. The SMILES string of the molecule is CC1=C(C(=O)OC2CCCCCC2)[C@@H](c2ccsc2)C2=C(C[C@@H](c3cccs3)CC2=O)N1. The molecule has 0 unspecified atom stereocenters. The van der Waals surface area contributed by atoms with Crippen molar-refractivity contribution in [2.24, 2.45) is 0 Å². The number of ketones is 1. The van der Waals surface area contributed by atoms with E-state index in [1.165, 1.54) is 17.7 Å². The Hall–Kier alpha value is -2.18. The molecule has 0 bridgehead atoms. The fourth-order valence-electron chi connectivity index (χ4n) is 5.38. The van der Waals surface area contributed by atoms with Crippen LogP contribution >= 0.6 is 22.7 Å². The number of dihydropyridines is 1. The molecule has 1 aliphatic heterocycles. The van der Waals surface area contributed by atoms with Crippen molar-refractivity contribution in [2.45, 2.75) is 76.2 Å². The van der Waals surface area contributed by atoms with Crippen LogP contribution in [-0.4, -0.2) is 17.9 Å². The summed E-state index contributed by atoms with van der Waals surface area (Å²) in [5, 5.41) is 9.60. The van der Waals surface area contributed by atoms with Gasteiger partial charge in [-0.25, -0.2) is 4.79 Å². The minimum Gasteiger partial charge on any atom is -0.459 e. The van der Waals surface area contributed by atoms with E-state index in [1.807, 2.05) is 24.4 Å². The Kier molecular flexibility index (Phi) is 6.33. The van der Waals surface area contributed by atoms with Crippen molar-refractivity contribution in [3.8, 4) is 0 Å². The van der Waals surface area contributed by atoms with Crippen molar-refractivity contribution >= 4 is 34.4 Å². The molecule has 32 heavy (non-hydrogen) atoms. The monoisotopic (exact) mass is 467 g/mol. The predicted octanol–water partition coefficient (Wildman–Crippen LogP) is 6.44. The van der Waals surface area contributed by atoms with Crippen molar-refractivity contribution in [3.63, 3.8) is 0 Å². The highest BCUT2D eigenvalue weighted by Crippen LogP contribution is 2.46. The predicted molar refractivity (Wildman–Crippen MR) is 129 cm³/mol. The zero-order chi connectivity index (χ0) is 22.1. The molecule has 1 N–H and O–H groups in total. The zero-order valence-electron chi connectivity index (χ0n) is 18.4. The number of thiophene rings is 2. The summed E-state index contributed by atoms with van der Waals surface area (Å²) >= 11 is 3.31. The maximum absolute atomic E-state index is 13.5. The van der Waals surface area contributed by atoms with Crippen LogP contribution in [0.3, 0.4) is 0 Å². The molecular formula is C26H29NO3S2. The van der Waals surface area contributed by atoms with Crippen LogP contribution in [0.4, 0.5) is 0 Å². The van der Waals surface area contributed by atoms with Crippen LogP contribution in [0.15, 0.2) is 56.9 Å². The van der Waals surface area contributed by atoms with Gasteiger partial charge in [-0.3, -0.25) is 4.79 Å². The first-order chi connectivity index (χ1) is 15.6. The summed E-state index contributed by atoms with van der Waals surface area (Å²) in [4.78, 5) is 28.2. The topological polar surface area (TPSA) is 55.4 Å². The van der Waals surface area contributed by atoms with Gasteiger partial charge in [0.05, 0.1) is 5.57 Å². The molecule has 2 aromatic heterocycles. The molecule has 3 aliphatic rings. The average molecular weight is 468 g/mol. The van der Waals surface area contributed by atoms with Crippen LogP contribution in [0.2, 0.25) is 0 Å². The first kappa shape index (κ1) is 21.7. The number of hydrogen-bond donors (Lipinski definition) is 1. The molecule has 4 nitrogen and oxygen atoms in total. The number of ether oxygens (including phenoxy) is 1. The summed E-state index contributed by atoms with van der Waals surface area (Å²) in [6.07, 6.45) is 7.79. The Balaban J connectivity index is 1.48. The zero-order valence-corrected chi connectivity index (χ0v) is 20.0. The van der Waals surface area contributed by atoms with Gasteiger partial charge < -0.3 is 10.1 Å². The lowest BCUT2D eigenvalue weighted by Gasteiger charge is -2.36. The smallest absolute Gasteiger partial charge is 0.337 e. The third-order valence-electron chi connectivity index (χ3n) is 6.95. The molecule has 0 radical (unpaired) electrons. The average Bonchev–Trinajstić information content (AvgIpc) is 3.44. The normalized spacial score (nSPS) is 24.7. The highest BCUT2D eigenvalue weighted by atomic mass is 32.1. The molecule has 1 fully saturated rings. The maximum atomic E-state index is 13.5. The van der Waals surface area contributed by atoms with Gasteiger partial charge in [-0.2, -0.15) is 11.3 Å². The number of nitrogens with one attached hydrogen (secondary N) is 1. The molecule has 6 heteroatoms. The molecule has 5 rings (SSSR count). The van der Waals surface area contributed by atoms with E-state index in [0.29, 0.717) is 12.0 Å². The molecule has 0 aromatic carbocycles. The van der Waals surface area contributed by atoms with Crippen LogP contribution in [0.1, 0.15) is 80.6 Å². The van der Waals surface area contributed by atoms with Crippen molar-refractivity contribution in [1.29, 1.82) is 0 Å². The molecule has 0 saturated heterocycles. The third kappa shape index (κ3) is 4.23. The van der Waals surface area contributed by atoms with Crippen molar-refractivity contribution < 1.29 is 14.3 Å². The quantitative estimate of drug-likeness (QED) is 0.415. The maximum Gasteiger partial charge on any atom is 0.337 e. The van der Waals surface area contributed by atoms with Crippen LogP contribution < -0.4 is 5.32 Å². The lowest BCUT2D eigenvalue weighted by atomic mass is 9.73. The molecular weight excluding hydrogens is 438 g/mol. The summed E-state index contributed by atoms with van der Waals surface area (Å²) < 4.78 is 6.04. The first-order valence-corrected chi connectivity index (χ1v) is 13.4. The van der Waals surface area contributed by atoms with Gasteiger partial charge in [-0.15, -0.1) is 11.3 Å². The first-order valence-electron chi connectivity index (χ1n) is 11.6. The summed E-state index contributed by atoms with van der Waals surface area (Å²) in [6, 6.07) is 6.20. The van der Waals surface area contributed by atoms with Gasteiger partial charge in [0.1, 0.15) is 6.10 Å². The standard InChI is InChI=1S/C26H29NO3S2/c1-16-23(26(29)30-19-7-4-2-3-5-8-19)24(17-10-12-31-15-17)25-20(27-16)13-18(14-21(25)28)22-9-6-11-32-22/h6,9-12,15,18-19,24,27H,2-5,7-8,13-14H2,1H3/t18-,24-/m1/s1. The summed E-state index contributed by atoms with van der Waals surface area (Å²) in [5.41, 5.74) is 4.17. The van der Waals surface area contributed by atoms with Gasteiger partial charge in [-0.1, -0.05) is 18.9 Å². The fourth-order valence-corrected chi connectivity index (χ4v) is 6.90. The highest BCUT2D eigenvalue weighted by Gasteiger charge is 2.42. The Morgan fingerprint density at radius 3 is 2.59 bits per heavy atom. The molecule has 1 saturated carbocycles. The van der Waals surface area contributed by atoms with Gasteiger partial charge >= 0.3 is 5.97 Å². The third-order valence-corrected chi connectivity index (χ3v) is 8.68. The number of Topliss-reactive ketones (excluding diaryl/α,β-unsaturated/α-hetero) is 1. The van der Waals surface area contributed by atoms with E-state index in [1.54, 1.807) is 22.7 Å². The van der Waals surface area contributed by atoms with E-state index in [9.17, 15) is 9.59 Å². The van der Waals surface area contributed by atoms with Gasteiger partial charge in [-0.05, 0) is 72.9 Å². The Morgan fingerprint density at radius 2 is 1.91 bits per heavy atom. The number of hydrogen-bond acceptors (Lipinski definition) is 6. The van der Waals surface area contributed by atoms with Crippen molar-refractivity contribution in [3.05, 3.63) is 67.3 Å². The molecule has 2 atom stereocenters. The molecule has 168 valence electrons. The van der Waals surface area contributed by atoms with E-state index in [0.717, 1.165) is 54.6 Å². The van der Waals surface area contributed by atoms with Crippen LogP contribution in [0, 0.1) is 0 Å². The highest BCUT2D eigenvalue weighted by molar-refractivity contribution is 7.10. The minimum atomic E-state index is -0.340. The van der Waals surface area contributed by atoms with E-state index in [2.05, 4.69) is 22.1 Å². The number of carbonyl (C=O) groups excluding carboxylic acids is 2. The second-order valence-electron chi connectivity index (χ2n) is 9.11. The molecule has 0 spiro atoms. The van der Waals surface area contributed by atoms with Crippen LogP contribution in [0.25, 0.3) is 0 Å². The van der Waals surface area contributed by atoms with Gasteiger partial charge in [0.2, 0.25) is 0 Å². The number of carbonyl (C=O) groups is 2. The second-order valence-corrected chi connectivity index (χ2v) is 10.9. The van der Waals surface area contributed by atoms with Gasteiger partial charge in [0.15, 0.2) is 5.78 Å². The van der Waals surface area contributed by atoms with Gasteiger partial charge in [0, 0.05) is 40.1 Å². The molecule has 2 aliphatic carbocycles. The lowest BCUT2D eigenvalue weighted by molar-refractivity contribution is -0.145. The second kappa shape index (κ2) is 9.36. The van der Waals surface area contributed by atoms with Crippen molar-refractivity contribution in [1.82, 2.24) is 5.32 Å². The molecule has 2 aromatic rings. The van der Waals surface area contributed by atoms with E-state index >= 15 is 0 Å². The minimum absolute atomic E-state index is 0.0194. The van der Waals surface area contributed by atoms with E-state index in [4.69, 9.17) is 4.74 Å². The Labute approximate surface area is 197 Å². The largest absolute Gasteiger partial charge is 0.459 e. The fraction of sp³-hybridized carbons (Fsp3) is 0.462. The van der Waals surface area contributed by atoms with E-state index in [-0.39, 0.29) is 29.7 Å². The number of rotatable bonds is 4. The van der Waals surface area contributed by atoms with Crippen LogP contribution in [0.5, 0.6) is 0 Å². The molecule has 0 amide bonds. The van der Waals surface area contributed by atoms with Gasteiger partial charge in [0.25, 0.3) is 0 Å². The molecule has 3 heterocycles. The number of allylic oxidation sites excluding steroid dienone is 3. The van der Waals surface area contributed by atoms with Crippen LogP contribution in [-0.2, 0) is 14.3 Å². The van der Waals surface area contributed by atoms with Crippen molar-refractivity contribution in [2.75, 3.05) is 0 Å². The number of esters is 1. The summed E-state index contributed by atoms with van der Waals surface area (Å²) in [5.74, 6) is -0.268.